The highest BCUT2D eigenvalue weighted by Crippen LogP contribution is 2.46. The summed E-state index contributed by atoms with van der Waals surface area (Å²) in [5.74, 6) is -0.342. The third kappa shape index (κ3) is 7.88. The van der Waals surface area contributed by atoms with E-state index in [0.29, 0.717) is 36.8 Å². The van der Waals surface area contributed by atoms with Crippen LogP contribution >= 0.6 is 11.6 Å². The number of benzene rings is 3. The minimum absolute atomic E-state index is 0.173. The second-order valence-electron chi connectivity index (χ2n) is 10.2. The van der Waals surface area contributed by atoms with Gasteiger partial charge in [0.15, 0.2) is 0 Å². The van der Waals surface area contributed by atoms with Crippen molar-refractivity contribution < 1.29 is 27.1 Å². The number of allylic oxidation sites excluding steroid dienone is 2. The van der Waals surface area contributed by atoms with Gasteiger partial charge >= 0.3 is 6.36 Å². The Hall–Kier alpha value is -3.38. The van der Waals surface area contributed by atoms with Crippen molar-refractivity contribution in [2.24, 2.45) is 0 Å². The van der Waals surface area contributed by atoms with E-state index < -0.39 is 6.36 Å². The van der Waals surface area contributed by atoms with E-state index in [9.17, 15) is 22.4 Å². The highest BCUT2D eigenvalue weighted by molar-refractivity contribution is 6.33. The molecule has 3 aromatic rings. The van der Waals surface area contributed by atoms with Gasteiger partial charge in [-0.1, -0.05) is 79.1 Å². The molecule has 0 aliphatic heterocycles. The fraction of sp³-hybridized carbons (Fsp3) is 0.324. The normalized spacial score (nSPS) is 14.0. The summed E-state index contributed by atoms with van der Waals surface area (Å²) in [5, 5.41) is 0.173. The van der Waals surface area contributed by atoms with Gasteiger partial charge in [-0.05, 0) is 96.5 Å². The van der Waals surface area contributed by atoms with Crippen LogP contribution in [0.25, 0.3) is 17.2 Å². The highest BCUT2D eigenvalue weighted by atomic mass is 35.5. The topological polar surface area (TPSA) is 26.3 Å². The largest absolute Gasteiger partial charge is 0.573 e. The Morgan fingerprint density at radius 2 is 1.73 bits per heavy atom. The number of ether oxygens (including phenoxy) is 1. The van der Waals surface area contributed by atoms with Crippen molar-refractivity contribution >= 4 is 35.1 Å². The Morgan fingerprint density at radius 3 is 2.41 bits per heavy atom. The van der Waals surface area contributed by atoms with Gasteiger partial charge in [0.2, 0.25) is 0 Å². The van der Waals surface area contributed by atoms with Crippen LogP contribution in [0.5, 0.6) is 5.75 Å². The van der Waals surface area contributed by atoms with Gasteiger partial charge < -0.3 is 4.74 Å². The smallest absolute Gasteiger partial charge is 0.405 e. The lowest BCUT2D eigenvalue weighted by molar-refractivity contribution is -0.274. The van der Waals surface area contributed by atoms with Crippen LogP contribution in [0.15, 0.2) is 66.2 Å². The molecule has 4 rings (SSSR count). The van der Waals surface area contributed by atoms with E-state index in [1.165, 1.54) is 17.7 Å². The van der Waals surface area contributed by atoms with Crippen LogP contribution in [0.4, 0.5) is 17.6 Å². The lowest BCUT2D eigenvalue weighted by Gasteiger charge is -2.21. The van der Waals surface area contributed by atoms with Crippen LogP contribution in [0, 0.1) is 0 Å². The van der Waals surface area contributed by atoms with Crippen molar-refractivity contribution in [3.63, 3.8) is 0 Å². The third-order valence-electron chi connectivity index (χ3n) is 7.37. The minimum Gasteiger partial charge on any atom is -0.405 e. The van der Waals surface area contributed by atoms with Gasteiger partial charge in [0.05, 0.1) is 11.7 Å². The van der Waals surface area contributed by atoms with Gasteiger partial charge in [-0.25, -0.2) is 0 Å². The molecule has 0 heterocycles. The lowest BCUT2D eigenvalue weighted by Crippen LogP contribution is -2.18. The van der Waals surface area contributed by atoms with Crippen LogP contribution in [-0.2, 0) is 6.42 Å². The second-order valence-corrected chi connectivity index (χ2v) is 10.6. The van der Waals surface area contributed by atoms with Crippen molar-refractivity contribution in [2.75, 3.05) is 6.67 Å². The van der Waals surface area contributed by atoms with Crippen LogP contribution in [0.3, 0.4) is 0 Å². The van der Waals surface area contributed by atoms with Gasteiger partial charge in [-0.3, -0.25) is 9.18 Å². The first-order valence-corrected chi connectivity index (χ1v) is 14.3. The van der Waals surface area contributed by atoms with Crippen LogP contribution in [-0.4, -0.2) is 19.3 Å². The first-order valence-electron chi connectivity index (χ1n) is 14.0. The molecule has 0 atom stereocenters. The van der Waals surface area contributed by atoms with E-state index in [2.05, 4.69) is 17.7 Å². The van der Waals surface area contributed by atoms with Gasteiger partial charge in [0, 0.05) is 11.1 Å². The fourth-order valence-electron chi connectivity index (χ4n) is 5.42. The predicted molar refractivity (Wildman–Crippen MR) is 158 cm³/mol. The first-order chi connectivity index (χ1) is 19.7. The SMILES string of the molecule is CC/C(=C/c1ccc(C2=C(c3c(Cl)cccc3OC(F)(F)F)CCCc3cc(C=O)ccc32)cc1)CCCCCF. The summed E-state index contributed by atoms with van der Waals surface area (Å²) < 4.78 is 57.1. The van der Waals surface area contributed by atoms with Crippen molar-refractivity contribution in [3.05, 3.63) is 105 Å². The number of hydrogen-bond donors (Lipinski definition) is 0. The molecule has 0 saturated heterocycles. The minimum atomic E-state index is -4.88. The average molecular weight is 585 g/mol. The molecular formula is C34H33ClF4O2. The molecule has 1 aliphatic rings. The number of carbonyl (C=O) groups is 1. The number of unbranched alkanes of at least 4 members (excludes halogenated alkanes) is 2. The number of carbonyl (C=O) groups excluding carboxylic acids is 1. The molecule has 41 heavy (non-hydrogen) atoms. The zero-order valence-electron chi connectivity index (χ0n) is 23.0. The molecule has 1 aliphatic carbocycles. The van der Waals surface area contributed by atoms with Crippen molar-refractivity contribution in [1.29, 1.82) is 0 Å². The summed E-state index contributed by atoms with van der Waals surface area (Å²) in [7, 11) is 0. The zero-order chi connectivity index (χ0) is 29.4. The standard InChI is InChI=1S/C34H33ClF4O2/c1-2-23(8-4-3-5-19-36)20-24-13-16-26(17-14-24)32-28-18-15-25(22-40)21-27(28)9-6-10-29(32)33-30(35)11-7-12-31(33)41-34(37,38)39/h7,11-18,20-22H,2-6,8-10,19H2,1H3/b23-20-. The van der Waals surface area contributed by atoms with E-state index in [0.717, 1.165) is 59.8 Å². The summed E-state index contributed by atoms with van der Waals surface area (Å²) in [4.78, 5) is 11.5. The molecule has 216 valence electrons. The Kier molecular flexibility index (Phi) is 10.4. The number of alkyl halides is 4. The molecule has 0 bridgehead atoms. The van der Waals surface area contributed by atoms with Gasteiger partial charge in [-0.2, -0.15) is 0 Å². The van der Waals surface area contributed by atoms with E-state index in [1.54, 1.807) is 12.1 Å². The number of fused-ring (bicyclic) bond motifs is 1. The van der Waals surface area contributed by atoms with E-state index in [4.69, 9.17) is 11.6 Å². The average Bonchev–Trinajstić information content (AvgIpc) is 3.13. The van der Waals surface area contributed by atoms with Gasteiger partial charge in [0.25, 0.3) is 0 Å². The molecule has 2 nitrogen and oxygen atoms in total. The number of aryl methyl sites for hydroxylation is 1. The van der Waals surface area contributed by atoms with Crippen molar-refractivity contribution in [2.45, 2.75) is 64.7 Å². The Balaban J connectivity index is 1.85. The molecule has 0 fully saturated rings. The summed E-state index contributed by atoms with van der Waals surface area (Å²) in [6, 6.07) is 17.7. The Bertz CT molecular complexity index is 1420. The van der Waals surface area contributed by atoms with Crippen molar-refractivity contribution in [1.82, 2.24) is 0 Å². The maximum Gasteiger partial charge on any atom is 0.573 e. The predicted octanol–water partition coefficient (Wildman–Crippen LogP) is 10.7. The molecule has 0 saturated carbocycles. The molecule has 3 aromatic carbocycles. The highest BCUT2D eigenvalue weighted by Gasteiger charge is 2.34. The number of rotatable bonds is 11. The third-order valence-corrected chi connectivity index (χ3v) is 7.68. The zero-order valence-corrected chi connectivity index (χ0v) is 23.8. The quantitative estimate of drug-likeness (QED) is 0.127. The van der Waals surface area contributed by atoms with Gasteiger partial charge in [0.1, 0.15) is 12.0 Å². The Labute approximate surface area is 243 Å². The lowest BCUT2D eigenvalue weighted by atomic mass is 9.86. The summed E-state index contributed by atoms with van der Waals surface area (Å²) in [5.41, 5.74) is 7.14. The summed E-state index contributed by atoms with van der Waals surface area (Å²) >= 11 is 6.58. The van der Waals surface area contributed by atoms with Crippen molar-refractivity contribution in [3.8, 4) is 5.75 Å². The van der Waals surface area contributed by atoms with Gasteiger partial charge in [-0.15, -0.1) is 13.2 Å². The molecule has 0 N–H and O–H groups in total. The molecule has 0 radical (unpaired) electrons. The fourth-order valence-corrected chi connectivity index (χ4v) is 5.70. The molecule has 0 spiro atoms. The number of hydrogen-bond acceptors (Lipinski definition) is 2. The van der Waals surface area contributed by atoms with Crippen LogP contribution < -0.4 is 4.74 Å². The van der Waals surface area contributed by atoms with Crippen LogP contribution in [0.2, 0.25) is 5.02 Å². The van der Waals surface area contributed by atoms with E-state index in [1.807, 2.05) is 36.4 Å². The van der Waals surface area contributed by atoms with Crippen LogP contribution in [0.1, 0.15) is 90.0 Å². The summed E-state index contributed by atoms with van der Waals surface area (Å²) in [6.07, 6.45) is 4.05. The number of halogens is 5. The Morgan fingerprint density at radius 1 is 0.976 bits per heavy atom. The molecule has 0 amide bonds. The molecule has 0 aromatic heterocycles. The summed E-state index contributed by atoms with van der Waals surface area (Å²) in [6.45, 7) is 1.81. The monoisotopic (exact) mass is 584 g/mol. The maximum atomic E-state index is 13.4. The molecule has 0 unspecified atom stereocenters. The molecular weight excluding hydrogens is 552 g/mol. The maximum absolute atomic E-state index is 13.4. The van der Waals surface area contributed by atoms with E-state index >= 15 is 0 Å². The van der Waals surface area contributed by atoms with E-state index in [-0.39, 0.29) is 23.0 Å². The molecule has 7 heteroatoms. The first kappa shape index (κ1) is 30.6. The second kappa shape index (κ2) is 14.0. The number of aldehydes is 1.